The van der Waals surface area contributed by atoms with Gasteiger partial charge in [0, 0.05) is 24.5 Å². The first-order valence-corrected chi connectivity index (χ1v) is 16.0. The summed E-state index contributed by atoms with van der Waals surface area (Å²) >= 11 is 0. The summed E-state index contributed by atoms with van der Waals surface area (Å²) in [5.74, 6) is -0.245. The topological polar surface area (TPSA) is 105 Å². The van der Waals surface area contributed by atoms with Gasteiger partial charge in [-0.15, -0.1) is 0 Å². The molecule has 210 valence electrons. The number of fused-ring (bicyclic) bond motifs is 3. The predicted molar refractivity (Wildman–Crippen MR) is 159 cm³/mol. The highest BCUT2D eigenvalue weighted by Gasteiger charge is 2.40. The third kappa shape index (κ3) is 5.16. The lowest BCUT2D eigenvalue weighted by Gasteiger charge is -2.35. The number of unbranched alkanes of at least 4 members (excludes halogenated alkanes) is 1. The van der Waals surface area contributed by atoms with E-state index >= 15 is 0 Å². The predicted octanol–water partition coefficient (Wildman–Crippen LogP) is 4.57. The molecule has 1 unspecified atom stereocenters. The molecule has 1 amide bonds. The largest absolute Gasteiger partial charge is 0.385 e. The normalized spacial score (nSPS) is 18.2. The van der Waals surface area contributed by atoms with Gasteiger partial charge in [0.05, 0.1) is 4.90 Å². The van der Waals surface area contributed by atoms with Crippen molar-refractivity contribution < 1.29 is 13.2 Å². The molecule has 4 N–H and O–H groups in total. The lowest BCUT2D eigenvalue weighted by Crippen LogP contribution is -2.50. The Kier molecular flexibility index (Phi) is 7.66. The summed E-state index contributed by atoms with van der Waals surface area (Å²) in [6, 6.07) is 16.2. The molecule has 0 saturated heterocycles. The van der Waals surface area contributed by atoms with E-state index in [1.165, 1.54) is 26.6 Å². The number of carbonyl (C=O) groups excluding carboxylic acids is 1. The number of hydrogen-bond acceptors (Lipinski definition) is 5. The van der Waals surface area contributed by atoms with Crippen molar-refractivity contribution in [2.24, 2.45) is 5.73 Å². The minimum absolute atomic E-state index is 0.167. The van der Waals surface area contributed by atoms with E-state index in [1.54, 1.807) is 24.3 Å². The molecular formula is C32H38N4O3S. The van der Waals surface area contributed by atoms with E-state index in [0.29, 0.717) is 13.0 Å². The minimum atomic E-state index is -3.93. The number of nitrogens with one attached hydrogen (secondary N) is 2. The Bertz CT molecular complexity index is 1490. The molecule has 40 heavy (non-hydrogen) atoms. The van der Waals surface area contributed by atoms with Crippen molar-refractivity contribution in [3.63, 3.8) is 0 Å². The third-order valence-electron chi connectivity index (χ3n) is 8.65. The SMILES string of the molecule is NCCCCNc1ccc(S(=O)(=O)N2Cc3ccccc3CC2C(=O)Nc2c3c(cc4c2CCC4)CCC3)cc1. The van der Waals surface area contributed by atoms with Crippen LogP contribution in [0.5, 0.6) is 0 Å². The molecule has 1 aliphatic heterocycles. The molecule has 0 aromatic heterocycles. The number of rotatable bonds is 9. The molecule has 0 radical (unpaired) electrons. The summed E-state index contributed by atoms with van der Waals surface area (Å²) in [6.45, 7) is 1.60. The Labute approximate surface area is 237 Å². The molecular weight excluding hydrogens is 520 g/mol. The van der Waals surface area contributed by atoms with Crippen molar-refractivity contribution in [3.8, 4) is 0 Å². The van der Waals surface area contributed by atoms with E-state index < -0.39 is 16.1 Å². The second-order valence-corrected chi connectivity index (χ2v) is 13.1. The van der Waals surface area contributed by atoms with E-state index in [4.69, 9.17) is 5.73 Å². The van der Waals surface area contributed by atoms with Crippen molar-refractivity contribution in [3.05, 3.63) is 88.0 Å². The first kappa shape index (κ1) is 27.0. The van der Waals surface area contributed by atoms with Crippen molar-refractivity contribution >= 4 is 27.3 Å². The zero-order valence-electron chi connectivity index (χ0n) is 22.9. The highest BCUT2D eigenvalue weighted by Crippen LogP contribution is 2.39. The van der Waals surface area contributed by atoms with Crippen LogP contribution in [-0.2, 0) is 53.5 Å². The van der Waals surface area contributed by atoms with Crippen molar-refractivity contribution in [2.45, 2.75) is 75.3 Å². The molecule has 0 saturated carbocycles. The number of sulfonamides is 1. The smallest absolute Gasteiger partial charge is 0.244 e. The molecule has 3 aromatic carbocycles. The first-order chi connectivity index (χ1) is 19.5. The quantitative estimate of drug-likeness (QED) is 0.334. The average molecular weight is 559 g/mol. The zero-order chi connectivity index (χ0) is 27.7. The highest BCUT2D eigenvalue weighted by molar-refractivity contribution is 7.89. The van der Waals surface area contributed by atoms with Gasteiger partial charge in [0.1, 0.15) is 6.04 Å². The van der Waals surface area contributed by atoms with E-state index in [1.807, 2.05) is 24.3 Å². The third-order valence-corrected chi connectivity index (χ3v) is 10.5. The van der Waals surface area contributed by atoms with Gasteiger partial charge in [-0.05, 0) is 122 Å². The first-order valence-electron chi connectivity index (χ1n) is 14.6. The molecule has 0 fully saturated rings. The number of nitrogens with zero attached hydrogens (tertiary/aromatic N) is 1. The molecule has 0 bridgehead atoms. The lowest BCUT2D eigenvalue weighted by molar-refractivity contribution is -0.120. The lowest BCUT2D eigenvalue weighted by atomic mass is 9.94. The monoisotopic (exact) mass is 558 g/mol. The van der Waals surface area contributed by atoms with Crippen LogP contribution in [0.3, 0.4) is 0 Å². The van der Waals surface area contributed by atoms with Crippen LogP contribution >= 0.6 is 0 Å². The number of benzene rings is 3. The van der Waals surface area contributed by atoms with Crippen LogP contribution in [0.15, 0.2) is 59.5 Å². The standard InChI is InChI=1S/C32H38N4O3S/c33-17-3-4-18-34-26-13-15-27(16-14-26)40(38,39)36-21-25-8-2-1-7-22(25)20-30(36)32(37)35-31-28-11-5-9-23(28)19-24-10-6-12-29(24)31/h1-2,7-8,13-16,19,30,34H,3-6,9-12,17-18,20-21,33H2,(H,35,37). The van der Waals surface area contributed by atoms with Gasteiger partial charge >= 0.3 is 0 Å². The second-order valence-electron chi connectivity index (χ2n) is 11.2. The summed E-state index contributed by atoms with van der Waals surface area (Å²) in [5.41, 5.74) is 14.5. The maximum Gasteiger partial charge on any atom is 0.244 e. The number of nitrogens with two attached hydrogens (primary N) is 1. The van der Waals surface area contributed by atoms with E-state index in [9.17, 15) is 13.2 Å². The number of aryl methyl sites for hydroxylation is 2. The molecule has 0 spiro atoms. The van der Waals surface area contributed by atoms with Crippen molar-refractivity contribution in [2.75, 3.05) is 23.7 Å². The fraction of sp³-hybridized carbons (Fsp3) is 0.406. The van der Waals surface area contributed by atoms with Crippen molar-refractivity contribution in [1.82, 2.24) is 4.31 Å². The summed E-state index contributed by atoms with van der Waals surface area (Å²) in [4.78, 5) is 14.2. The molecule has 3 aliphatic rings. The van der Waals surface area contributed by atoms with E-state index in [-0.39, 0.29) is 17.3 Å². The van der Waals surface area contributed by atoms with Gasteiger partial charge in [0.15, 0.2) is 0 Å². The highest BCUT2D eigenvalue weighted by atomic mass is 32.2. The van der Waals surface area contributed by atoms with Crippen LogP contribution in [0.1, 0.15) is 59.1 Å². The van der Waals surface area contributed by atoms with Crippen LogP contribution in [0.25, 0.3) is 0 Å². The maximum atomic E-state index is 14.1. The Balaban J connectivity index is 1.30. The van der Waals surface area contributed by atoms with Crippen LogP contribution in [0.4, 0.5) is 11.4 Å². The summed E-state index contributed by atoms with van der Waals surface area (Å²) in [5, 5.41) is 6.59. The molecule has 1 atom stereocenters. The average Bonchev–Trinajstić information content (AvgIpc) is 3.64. The van der Waals surface area contributed by atoms with Gasteiger partial charge < -0.3 is 16.4 Å². The Morgan fingerprint density at radius 3 is 2.23 bits per heavy atom. The number of anilines is 2. The minimum Gasteiger partial charge on any atom is -0.385 e. The Hall–Kier alpha value is -3.20. The van der Waals surface area contributed by atoms with Crippen LogP contribution < -0.4 is 16.4 Å². The Morgan fingerprint density at radius 1 is 0.875 bits per heavy atom. The van der Waals surface area contributed by atoms with Crippen LogP contribution in [0, 0.1) is 0 Å². The molecule has 3 aromatic rings. The van der Waals surface area contributed by atoms with Crippen molar-refractivity contribution in [1.29, 1.82) is 0 Å². The Morgan fingerprint density at radius 2 is 1.55 bits per heavy atom. The maximum absolute atomic E-state index is 14.1. The number of carbonyl (C=O) groups is 1. The van der Waals surface area contributed by atoms with Crippen LogP contribution in [-0.4, -0.2) is 37.8 Å². The number of amides is 1. The summed E-state index contributed by atoms with van der Waals surface area (Å²) < 4.78 is 29.5. The van der Waals surface area contributed by atoms with Gasteiger partial charge in [-0.1, -0.05) is 30.3 Å². The van der Waals surface area contributed by atoms with E-state index in [2.05, 4.69) is 16.7 Å². The fourth-order valence-corrected chi connectivity index (χ4v) is 8.10. The van der Waals surface area contributed by atoms with E-state index in [0.717, 1.165) is 80.4 Å². The second kappa shape index (κ2) is 11.4. The van der Waals surface area contributed by atoms with Gasteiger partial charge in [0.2, 0.25) is 15.9 Å². The fourth-order valence-electron chi connectivity index (χ4n) is 6.53. The number of hydrogen-bond donors (Lipinski definition) is 3. The molecule has 8 heteroatoms. The molecule has 1 heterocycles. The molecule has 7 nitrogen and oxygen atoms in total. The summed E-state index contributed by atoms with van der Waals surface area (Å²) in [6.07, 6.45) is 8.43. The summed E-state index contributed by atoms with van der Waals surface area (Å²) in [7, 11) is -3.93. The molecule has 2 aliphatic carbocycles. The van der Waals surface area contributed by atoms with Gasteiger partial charge in [-0.2, -0.15) is 4.31 Å². The van der Waals surface area contributed by atoms with Gasteiger partial charge in [0.25, 0.3) is 0 Å². The molecule has 6 rings (SSSR count). The van der Waals surface area contributed by atoms with Gasteiger partial charge in [-0.3, -0.25) is 4.79 Å². The van der Waals surface area contributed by atoms with Crippen LogP contribution in [0.2, 0.25) is 0 Å². The zero-order valence-corrected chi connectivity index (χ0v) is 23.7. The van der Waals surface area contributed by atoms with Gasteiger partial charge in [-0.25, -0.2) is 8.42 Å².